The van der Waals surface area contributed by atoms with Crippen molar-refractivity contribution in [3.63, 3.8) is 0 Å². The number of piperidine rings is 1. The molecule has 1 aromatic carbocycles. The molecule has 3 rings (SSSR count). The molecule has 1 unspecified atom stereocenters. The molecule has 16 heavy (non-hydrogen) atoms. The minimum atomic E-state index is 0.366. The summed E-state index contributed by atoms with van der Waals surface area (Å²) in [5, 5.41) is 0. The van der Waals surface area contributed by atoms with Gasteiger partial charge in [-0.1, -0.05) is 18.2 Å². The van der Waals surface area contributed by atoms with Crippen LogP contribution in [0.5, 0.6) is 0 Å². The van der Waals surface area contributed by atoms with Gasteiger partial charge in [0.1, 0.15) is 6.29 Å². The number of hydrogen-bond acceptors (Lipinski definition) is 2. The summed E-state index contributed by atoms with van der Waals surface area (Å²) in [6, 6.07) is 10.6. The molecule has 0 amide bonds. The second kappa shape index (κ2) is 3.62. The van der Waals surface area contributed by atoms with Gasteiger partial charge in [0, 0.05) is 24.7 Å². The number of benzene rings is 1. The first-order valence-corrected chi connectivity index (χ1v) is 6.09. The smallest absolute Gasteiger partial charge is 0.123 e. The van der Waals surface area contributed by atoms with Gasteiger partial charge < -0.3 is 9.69 Å². The highest BCUT2D eigenvalue weighted by molar-refractivity contribution is 5.60. The van der Waals surface area contributed by atoms with E-state index in [0.717, 1.165) is 25.8 Å². The summed E-state index contributed by atoms with van der Waals surface area (Å²) in [6.07, 6.45) is 4.67. The molecule has 2 heteroatoms. The van der Waals surface area contributed by atoms with Crippen molar-refractivity contribution in [1.82, 2.24) is 0 Å². The molecule has 1 saturated heterocycles. The summed E-state index contributed by atoms with van der Waals surface area (Å²) in [5.41, 5.74) is 1.72. The van der Waals surface area contributed by atoms with Crippen LogP contribution in [0.2, 0.25) is 0 Å². The van der Waals surface area contributed by atoms with Crippen LogP contribution in [0.25, 0.3) is 0 Å². The maximum atomic E-state index is 10.8. The first-order chi connectivity index (χ1) is 7.84. The van der Waals surface area contributed by atoms with Crippen molar-refractivity contribution in [3.05, 3.63) is 30.3 Å². The molecular formula is C14H17NO. The maximum Gasteiger partial charge on any atom is 0.123 e. The molecule has 84 valence electrons. The normalized spacial score (nSPS) is 26.8. The Labute approximate surface area is 96.3 Å². The van der Waals surface area contributed by atoms with Crippen molar-refractivity contribution in [2.24, 2.45) is 11.3 Å². The third-order valence-corrected chi connectivity index (χ3v) is 4.30. The quantitative estimate of drug-likeness (QED) is 0.706. The van der Waals surface area contributed by atoms with Crippen molar-refractivity contribution in [3.8, 4) is 0 Å². The third-order valence-electron chi connectivity index (χ3n) is 4.30. The molecule has 0 N–H and O–H groups in total. The topological polar surface area (TPSA) is 20.3 Å². The van der Waals surface area contributed by atoms with Crippen molar-refractivity contribution >= 4 is 12.0 Å². The van der Waals surface area contributed by atoms with E-state index in [1.165, 1.54) is 18.5 Å². The lowest BCUT2D eigenvalue weighted by Gasteiger charge is -2.34. The van der Waals surface area contributed by atoms with Gasteiger partial charge in [-0.25, -0.2) is 0 Å². The summed E-state index contributed by atoms with van der Waals surface area (Å²) in [4.78, 5) is 13.2. The number of hydrogen-bond donors (Lipinski definition) is 0. The van der Waals surface area contributed by atoms with Crippen molar-refractivity contribution in [1.29, 1.82) is 0 Å². The van der Waals surface area contributed by atoms with E-state index in [0.29, 0.717) is 11.3 Å². The number of nitrogens with zero attached hydrogens (tertiary/aromatic N) is 1. The minimum absolute atomic E-state index is 0.366. The zero-order chi connectivity index (χ0) is 11.0. The van der Waals surface area contributed by atoms with Crippen molar-refractivity contribution in [2.75, 3.05) is 18.0 Å². The Bertz CT molecular complexity index is 379. The predicted octanol–water partition coefficient (Wildman–Crippen LogP) is 2.49. The number of rotatable bonds is 2. The first-order valence-electron chi connectivity index (χ1n) is 6.09. The maximum absolute atomic E-state index is 10.8. The van der Waals surface area contributed by atoms with Crippen LogP contribution >= 0.6 is 0 Å². The SMILES string of the molecule is O=CC1CC12CCN(c1ccccc1)CC2. The van der Waals surface area contributed by atoms with E-state index in [2.05, 4.69) is 35.2 Å². The molecule has 2 fully saturated rings. The van der Waals surface area contributed by atoms with Crippen LogP contribution in [0.3, 0.4) is 0 Å². The van der Waals surface area contributed by atoms with Gasteiger partial charge in [-0.3, -0.25) is 0 Å². The van der Waals surface area contributed by atoms with Crippen molar-refractivity contribution < 1.29 is 4.79 Å². The zero-order valence-electron chi connectivity index (χ0n) is 9.43. The van der Waals surface area contributed by atoms with E-state index >= 15 is 0 Å². The molecule has 2 nitrogen and oxygen atoms in total. The van der Waals surface area contributed by atoms with E-state index in [1.807, 2.05) is 0 Å². The molecule has 0 radical (unpaired) electrons. The summed E-state index contributed by atoms with van der Waals surface area (Å²) in [6.45, 7) is 2.21. The Morgan fingerprint density at radius 1 is 1.19 bits per heavy atom. The molecule has 1 aromatic rings. The second-order valence-electron chi connectivity index (χ2n) is 5.13. The average Bonchev–Trinajstić information content (AvgIpc) is 3.04. The Morgan fingerprint density at radius 2 is 1.88 bits per heavy atom. The van der Waals surface area contributed by atoms with Crippen LogP contribution in [0, 0.1) is 11.3 Å². The van der Waals surface area contributed by atoms with E-state index < -0.39 is 0 Å². The summed E-state index contributed by atoms with van der Waals surface area (Å²) < 4.78 is 0. The number of carbonyl (C=O) groups excluding carboxylic acids is 1. The Hall–Kier alpha value is -1.31. The van der Waals surface area contributed by atoms with Gasteiger partial charge in [-0.15, -0.1) is 0 Å². The number of para-hydroxylation sites is 1. The lowest BCUT2D eigenvalue weighted by molar-refractivity contribution is -0.109. The Kier molecular flexibility index (Phi) is 2.23. The standard InChI is InChI=1S/C14H17NO/c16-11-12-10-14(12)6-8-15(9-7-14)13-4-2-1-3-5-13/h1-5,11-12H,6-10H2. The van der Waals surface area contributed by atoms with Gasteiger partial charge in [0.15, 0.2) is 0 Å². The van der Waals surface area contributed by atoms with E-state index in [1.54, 1.807) is 0 Å². The molecule has 1 aliphatic carbocycles. The zero-order valence-corrected chi connectivity index (χ0v) is 9.43. The van der Waals surface area contributed by atoms with Gasteiger partial charge >= 0.3 is 0 Å². The molecule has 0 bridgehead atoms. The summed E-state index contributed by atoms with van der Waals surface area (Å²) in [7, 11) is 0. The molecule has 1 heterocycles. The van der Waals surface area contributed by atoms with Gasteiger partial charge in [0.25, 0.3) is 0 Å². The van der Waals surface area contributed by atoms with Crippen LogP contribution in [-0.4, -0.2) is 19.4 Å². The van der Waals surface area contributed by atoms with Gasteiger partial charge in [0.2, 0.25) is 0 Å². The molecule has 1 aliphatic heterocycles. The lowest BCUT2D eigenvalue weighted by atomic mass is 9.91. The van der Waals surface area contributed by atoms with Crippen molar-refractivity contribution in [2.45, 2.75) is 19.3 Å². The monoisotopic (exact) mass is 215 g/mol. The van der Waals surface area contributed by atoms with Crippen LogP contribution in [0.4, 0.5) is 5.69 Å². The fourth-order valence-electron chi connectivity index (χ4n) is 3.00. The van der Waals surface area contributed by atoms with Crippen LogP contribution in [-0.2, 0) is 4.79 Å². The van der Waals surface area contributed by atoms with Gasteiger partial charge in [-0.2, -0.15) is 0 Å². The summed E-state index contributed by atoms with van der Waals surface area (Å²) in [5.74, 6) is 0.366. The molecule has 0 aromatic heterocycles. The lowest BCUT2D eigenvalue weighted by Crippen LogP contribution is -2.35. The highest BCUT2D eigenvalue weighted by atomic mass is 16.1. The van der Waals surface area contributed by atoms with E-state index in [-0.39, 0.29) is 0 Å². The minimum Gasteiger partial charge on any atom is -0.371 e. The first kappa shape index (κ1) is 9.88. The molecule has 2 aliphatic rings. The van der Waals surface area contributed by atoms with Gasteiger partial charge in [0.05, 0.1) is 0 Å². The largest absolute Gasteiger partial charge is 0.371 e. The van der Waals surface area contributed by atoms with Gasteiger partial charge in [-0.05, 0) is 36.8 Å². The number of carbonyl (C=O) groups is 1. The average molecular weight is 215 g/mol. The highest BCUT2D eigenvalue weighted by Gasteiger charge is 2.54. The van der Waals surface area contributed by atoms with Crippen LogP contribution < -0.4 is 4.90 Å². The van der Waals surface area contributed by atoms with Crippen LogP contribution in [0.15, 0.2) is 30.3 Å². The van der Waals surface area contributed by atoms with E-state index in [9.17, 15) is 4.79 Å². The fourth-order valence-corrected chi connectivity index (χ4v) is 3.00. The van der Waals surface area contributed by atoms with E-state index in [4.69, 9.17) is 0 Å². The molecule has 1 saturated carbocycles. The summed E-state index contributed by atoms with van der Waals surface area (Å²) >= 11 is 0. The fraction of sp³-hybridized carbons (Fsp3) is 0.500. The molecular weight excluding hydrogens is 198 g/mol. The highest BCUT2D eigenvalue weighted by Crippen LogP contribution is 2.58. The predicted molar refractivity (Wildman–Crippen MR) is 64.5 cm³/mol. The third kappa shape index (κ3) is 1.53. The van der Waals surface area contributed by atoms with Crippen LogP contribution in [0.1, 0.15) is 19.3 Å². The number of anilines is 1. The number of aldehydes is 1. The molecule has 1 spiro atoms. The Balaban J connectivity index is 1.66. The molecule has 1 atom stereocenters. The second-order valence-corrected chi connectivity index (χ2v) is 5.13. The Morgan fingerprint density at radius 3 is 2.44 bits per heavy atom.